The van der Waals surface area contributed by atoms with Crippen molar-refractivity contribution in [1.29, 1.82) is 0 Å². The first-order valence-electron chi connectivity index (χ1n) is 11.2. The fraction of sp³-hybridized carbons (Fsp3) is 0.739. The third kappa shape index (κ3) is 5.72. The minimum Gasteiger partial charge on any atom is -0.462 e. The van der Waals surface area contributed by atoms with Crippen LogP contribution < -0.4 is 10.6 Å². The average molecular weight is 437 g/mol. The predicted octanol–water partition coefficient (Wildman–Crippen LogP) is 6.09. The van der Waals surface area contributed by atoms with Gasteiger partial charge in [-0.1, -0.05) is 27.2 Å². The van der Waals surface area contributed by atoms with Crippen molar-refractivity contribution in [3.05, 3.63) is 16.0 Å². The van der Waals surface area contributed by atoms with E-state index < -0.39 is 0 Å². The Morgan fingerprint density at radius 2 is 1.83 bits per heavy atom. The number of thiocarbonyl (C=S) groups is 1. The van der Waals surface area contributed by atoms with Crippen molar-refractivity contribution in [2.24, 2.45) is 11.3 Å². The lowest BCUT2D eigenvalue weighted by molar-refractivity contribution is 0.0527. The lowest BCUT2D eigenvalue weighted by Crippen LogP contribution is -2.41. The third-order valence-corrected chi connectivity index (χ3v) is 7.84. The molecule has 0 bridgehead atoms. The van der Waals surface area contributed by atoms with Crippen molar-refractivity contribution >= 4 is 39.6 Å². The summed E-state index contributed by atoms with van der Waals surface area (Å²) in [5, 5.41) is 8.35. The molecule has 1 aromatic heterocycles. The fourth-order valence-electron chi connectivity index (χ4n) is 4.68. The fourth-order valence-corrected chi connectivity index (χ4v) is 6.29. The van der Waals surface area contributed by atoms with Crippen LogP contribution in [0.1, 0.15) is 93.4 Å². The Morgan fingerprint density at radius 3 is 2.48 bits per heavy atom. The molecule has 3 rings (SSSR count). The molecule has 0 spiro atoms. The zero-order valence-electron chi connectivity index (χ0n) is 18.4. The van der Waals surface area contributed by atoms with E-state index in [0.717, 1.165) is 43.0 Å². The first kappa shape index (κ1) is 22.5. The first-order valence-corrected chi connectivity index (χ1v) is 12.4. The van der Waals surface area contributed by atoms with Crippen LogP contribution in [0.3, 0.4) is 0 Å². The standard InChI is InChI=1S/C23H36N2O2S2/c1-5-27-21(26)19-17-9-7-6-8-10-18(17)29-20(19)25-22(28)24-16-13-11-15(12-14-16)23(2,3)4/h15-16H,5-14H2,1-4H3,(H2,24,25,28). The molecule has 0 amide bonds. The maximum Gasteiger partial charge on any atom is 0.341 e. The van der Waals surface area contributed by atoms with Crippen molar-refractivity contribution < 1.29 is 9.53 Å². The normalized spacial score (nSPS) is 22.3. The lowest BCUT2D eigenvalue weighted by atomic mass is 9.71. The number of fused-ring (bicyclic) bond motifs is 1. The maximum absolute atomic E-state index is 12.7. The molecular formula is C23H36N2O2S2. The highest BCUT2D eigenvalue weighted by Crippen LogP contribution is 2.39. The van der Waals surface area contributed by atoms with E-state index in [4.69, 9.17) is 17.0 Å². The highest BCUT2D eigenvalue weighted by atomic mass is 32.1. The molecule has 0 atom stereocenters. The molecule has 0 unspecified atom stereocenters. The molecule has 29 heavy (non-hydrogen) atoms. The van der Waals surface area contributed by atoms with E-state index >= 15 is 0 Å². The SMILES string of the molecule is CCOC(=O)c1c(NC(=S)NC2CCC(C(C)(C)C)CC2)sc2c1CCCCC2. The van der Waals surface area contributed by atoms with Gasteiger partial charge in [0.25, 0.3) is 0 Å². The zero-order chi connectivity index (χ0) is 21.0. The van der Waals surface area contributed by atoms with Crippen molar-refractivity contribution in [1.82, 2.24) is 5.32 Å². The molecule has 4 nitrogen and oxygen atoms in total. The molecule has 2 aliphatic rings. The van der Waals surface area contributed by atoms with Gasteiger partial charge in [-0.15, -0.1) is 11.3 Å². The Kier molecular flexibility index (Phi) is 7.60. The van der Waals surface area contributed by atoms with Gasteiger partial charge in [0.05, 0.1) is 12.2 Å². The van der Waals surface area contributed by atoms with Gasteiger partial charge in [-0.25, -0.2) is 4.79 Å². The summed E-state index contributed by atoms with van der Waals surface area (Å²) in [6, 6.07) is 0.414. The van der Waals surface area contributed by atoms with E-state index in [1.54, 1.807) is 11.3 Å². The lowest BCUT2D eigenvalue weighted by Gasteiger charge is -2.37. The van der Waals surface area contributed by atoms with Crippen LogP contribution in [0.5, 0.6) is 0 Å². The molecule has 1 heterocycles. The van der Waals surface area contributed by atoms with Crippen molar-refractivity contribution in [3.63, 3.8) is 0 Å². The van der Waals surface area contributed by atoms with Gasteiger partial charge in [0.1, 0.15) is 5.00 Å². The minimum absolute atomic E-state index is 0.220. The Labute approximate surface area is 185 Å². The summed E-state index contributed by atoms with van der Waals surface area (Å²) in [4.78, 5) is 14.0. The molecule has 1 fully saturated rings. The van der Waals surface area contributed by atoms with Gasteiger partial charge in [-0.05, 0) is 87.4 Å². The van der Waals surface area contributed by atoms with Crippen LogP contribution in [0, 0.1) is 11.3 Å². The summed E-state index contributed by atoms with van der Waals surface area (Å²) < 4.78 is 5.37. The van der Waals surface area contributed by atoms with E-state index in [0.29, 0.717) is 28.7 Å². The number of rotatable bonds is 4. The number of nitrogens with one attached hydrogen (secondary N) is 2. The smallest absolute Gasteiger partial charge is 0.341 e. The van der Waals surface area contributed by atoms with Gasteiger partial charge in [-0.2, -0.15) is 0 Å². The molecule has 162 valence electrons. The molecule has 1 saturated carbocycles. The van der Waals surface area contributed by atoms with Gasteiger partial charge in [0, 0.05) is 10.9 Å². The van der Waals surface area contributed by atoms with E-state index in [-0.39, 0.29) is 5.97 Å². The minimum atomic E-state index is -0.220. The molecule has 1 aromatic rings. The summed E-state index contributed by atoms with van der Waals surface area (Å²) in [6.45, 7) is 9.28. The van der Waals surface area contributed by atoms with Crippen molar-refractivity contribution in [2.45, 2.75) is 91.5 Å². The molecule has 6 heteroatoms. The van der Waals surface area contributed by atoms with Crippen LogP contribution >= 0.6 is 23.6 Å². The van der Waals surface area contributed by atoms with E-state index in [1.165, 1.54) is 36.1 Å². The van der Waals surface area contributed by atoms with Crippen LogP contribution in [-0.2, 0) is 17.6 Å². The number of hydrogen-bond donors (Lipinski definition) is 2. The second kappa shape index (κ2) is 9.78. The molecule has 0 aromatic carbocycles. The largest absolute Gasteiger partial charge is 0.462 e. The quantitative estimate of drug-likeness (QED) is 0.340. The number of anilines is 1. The van der Waals surface area contributed by atoms with E-state index in [1.807, 2.05) is 6.92 Å². The zero-order valence-corrected chi connectivity index (χ0v) is 20.0. The Balaban J connectivity index is 1.66. The second-order valence-corrected chi connectivity index (χ2v) is 11.0. The highest BCUT2D eigenvalue weighted by molar-refractivity contribution is 7.80. The van der Waals surface area contributed by atoms with E-state index in [9.17, 15) is 4.79 Å². The third-order valence-electron chi connectivity index (χ3n) is 6.42. The van der Waals surface area contributed by atoms with Gasteiger partial charge >= 0.3 is 5.97 Å². The molecule has 2 N–H and O–H groups in total. The van der Waals surface area contributed by atoms with E-state index in [2.05, 4.69) is 31.4 Å². The average Bonchev–Trinajstić information content (AvgIpc) is 2.82. The van der Waals surface area contributed by atoms with Gasteiger partial charge in [0.2, 0.25) is 0 Å². The maximum atomic E-state index is 12.7. The molecular weight excluding hydrogens is 400 g/mol. The number of aryl methyl sites for hydroxylation is 1. The summed E-state index contributed by atoms with van der Waals surface area (Å²) in [5.74, 6) is 0.563. The van der Waals surface area contributed by atoms with Gasteiger partial charge in [-0.3, -0.25) is 0 Å². The number of esters is 1. The molecule has 0 radical (unpaired) electrons. The van der Waals surface area contributed by atoms with Crippen molar-refractivity contribution in [2.75, 3.05) is 11.9 Å². The summed E-state index contributed by atoms with van der Waals surface area (Å²) in [5.41, 5.74) is 2.28. The molecule has 2 aliphatic carbocycles. The number of hydrogen-bond acceptors (Lipinski definition) is 4. The van der Waals surface area contributed by atoms with Crippen molar-refractivity contribution in [3.8, 4) is 0 Å². The summed E-state index contributed by atoms with van der Waals surface area (Å²) in [7, 11) is 0. The van der Waals surface area contributed by atoms with Crippen LogP contribution in [0.15, 0.2) is 0 Å². The summed E-state index contributed by atoms with van der Waals surface area (Å²) in [6.07, 6.45) is 10.3. The molecule has 0 saturated heterocycles. The Hall–Kier alpha value is -1.14. The monoisotopic (exact) mass is 436 g/mol. The van der Waals surface area contributed by atoms with Crippen LogP contribution in [0.2, 0.25) is 0 Å². The number of ether oxygens (including phenoxy) is 1. The predicted molar refractivity (Wildman–Crippen MR) is 126 cm³/mol. The molecule has 0 aliphatic heterocycles. The van der Waals surface area contributed by atoms with Gasteiger partial charge < -0.3 is 15.4 Å². The Bertz CT molecular complexity index is 728. The highest BCUT2D eigenvalue weighted by Gasteiger charge is 2.30. The topological polar surface area (TPSA) is 50.4 Å². The number of thiophene rings is 1. The van der Waals surface area contributed by atoms with Gasteiger partial charge in [0.15, 0.2) is 5.11 Å². The Morgan fingerprint density at radius 1 is 1.14 bits per heavy atom. The summed E-state index contributed by atoms with van der Waals surface area (Å²) >= 11 is 7.31. The van der Waals surface area contributed by atoms with Crippen LogP contribution in [0.25, 0.3) is 0 Å². The first-order chi connectivity index (χ1) is 13.8. The van der Waals surface area contributed by atoms with Crippen LogP contribution in [-0.4, -0.2) is 23.7 Å². The number of carbonyl (C=O) groups excluding carboxylic acids is 1. The van der Waals surface area contributed by atoms with Crippen LogP contribution in [0.4, 0.5) is 5.00 Å². The number of carbonyl (C=O) groups is 1. The second-order valence-electron chi connectivity index (χ2n) is 9.50.